The van der Waals surface area contributed by atoms with Crippen LogP contribution in [-0.4, -0.2) is 6.54 Å². The van der Waals surface area contributed by atoms with E-state index in [1.807, 2.05) is 12.1 Å². The van der Waals surface area contributed by atoms with Gasteiger partial charge in [-0.1, -0.05) is 18.2 Å². The fourth-order valence-electron chi connectivity index (χ4n) is 1.99. The van der Waals surface area contributed by atoms with Crippen LogP contribution in [-0.2, 0) is 0 Å². The fourth-order valence-corrected chi connectivity index (χ4v) is 2.74. The summed E-state index contributed by atoms with van der Waals surface area (Å²) in [4.78, 5) is 1.28. The maximum Gasteiger partial charge on any atom is 0.150 e. The number of ether oxygens (including phenoxy) is 1. The molecule has 1 aliphatic rings. The Balaban J connectivity index is 1.92. The van der Waals surface area contributed by atoms with Gasteiger partial charge in [0.25, 0.3) is 0 Å². The molecule has 1 N–H and O–H groups in total. The maximum absolute atomic E-state index is 6.01. The molecule has 0 aliphatic carbocycles. The summed E-state index contributed by atoms with van der Waals surface area (Å²) in [6.45, 7) is 2.94. The highest BCUT2D eigenvalue weighted by Gasteiger charge is 2.22. The van der Waals surface area contributed by atoms with Crippen LogP contribution in [0.15, 0.2) is 35.7 Å². The van der Waals surface area contributed by atoms with E-state index in [2.05, 4.69) is 35.8 Å². The molecule has 0 fully saturated rings. The van der Waals surface area contributed by atoms with E-state index in [1.54, 1.807) is 11.3 Å². The van der Waals surface area contributed by atoms with E-state index >= 15 is 0 Å². The molecule has 2 aromatic rings. The summed E-state index contributed by atoms with van der Waals surface area (Å²) in [5, 5.41) is 5.54. The zero-order chi connectivity index (χ0) is 11.0. The number of hydrogen-bond donors (Lipinski definition) is 1. The minimum absolute atomic E-state index is 0.147. The van der Waals surface area contributed by atoms with E-state index in [1.165, 1.54) is 10.4 Å². The minimum atomic E-state index is 0.147. The third kappa shape index (κ3) is 1.57. The van der Waals surface area contributed by atoms with Crippen molar-refractivity contribution in [3.63, 3.8) is 0 Å². The van der Waals surface area contributed by atoms with Crippen LogP contribution in [0, 0.1) is 6.92 Å². The molecule has 2 nitrogen and oxygen atoms in total. The molecule has 3 heteroatoms. The van der Waals surface area contributed by atoms with Gasteiger partial charge in [-0.05, 0) is 30.0 Å². The predicted octanol–water partition coefficient (Wildman–Crippen LogP) is 3.60. The average molecular weight is 231 g/mol. The maximum atomic E-state index is 6.01. The Labute approximate surface area is 98.9 Å². The molecule has 1 atom stereocenters. The third-order valence-corrected chi connectivity index (χ3v) is 3.79. The number of para-hydroxylation sites is 1. The van der Waals surface area contributed by atoms with Gasteiger partial charge in [0.1, 0.15) is 5.75 Å². The first-order valence-electron chi connectivity index (χ1n) is 5.38. The van der Waals surface area contributed by atoms with E-state index < -0.39 is 0 Å². The fraction of sp³-hybridized carbons (Fsp3) is 0.231. The molecule has 0 amide bonds. The van der Waals surface area contributed by atoms with Crippen molar-refractivity contribution in [3.05, 3.63) is 46.2 Å². The summed E-state index contributed by atoms with van der Waals surface area (Å²) in [6, 6.07) is 10.3. The molecule has 1 aromatic carbocycles. The first-order chi connectivity index (χ1) is 7.84. The standard InChI is InChI=1S/C13H13NOS/c1-9-4-2-5-10-13(9)14-8-11(15-10)12-6-3-7-16-12/h2-7,11,14H,8H2,1H3. The minimum Gasteiger partial charge on any atom is -0.481 e. The second-order valence-corrected chi connectivity index (χ2v) is 4.93. The van der Waals surface area contributed by atoms with Crippen molar-refractivity contribution in [1.29, 1.82) is 0 Å². The number of fused-ring (bicyclic) bond motifs is 1. The topological polar surface area (TPSA) is 21.3 Å². The van der Waals surface area contributed by atoms with Crippen molar-refractivity contribution in [2.45, 2.75) is 13.0 Å². The van der Waals surface area contributed by atoms with Gasteiger partial charge in [-0.15, -0.1) is 11.3 Å². The molecular formula is C13H13NOS. The van der Waals surface area contributed by atoms with Gasteiger partial charge in [-0.3, -0.25) is 0 Å². The largest absolute Gasteiger partial charge is 0.481 e. The Morgan fingerprint density at radius 3 is 3.06 bits per heavy atom. The lowest BCUT2D eigenvalue weighted by Crippen LogP contribution is -2.23. The Bertz CT molecular complexity index is 493. The lowest BCUT2D eigenvalue weighted by Gasteiger charge is -2.27. The number of aryl methyl sites for hydroxylation is 1. The summed E-state index contributed by atoms with van der Waals surface area (Å²) in [5.74, 6) is 0.963. The van der Waals surface area contributed by atoms with Gasteiger partial charge in [0.15, 0.2) is 6.10 Å². The van der Waals surface area contributed by atoms with Gasteiger partial charge in [0.2, 0.25) is 0 Å². The lowest BCUT2D eigenvalue weighted by molar-refractivity contribution is 0.214. The normalized spacial score (nSPS) is 18.4. The molecule has 0 saturated heterocycles. The number of nitrogens with one attached hydrogen (secondary N) is 1. The molecule has 82 valence electrons. The zero-order valence-corrected chi connectivity index (χ0v) is 9.88. The second-order valence-electron chi connectivity index (χ2n) is 3.95. The number of benzene rings is 1. The monoisotopic (exact) mass is 231 g/mol. The lowest BCUT2D eigenvalue weighted by atomic mass is 10.1. The summed E-state index contributed by atoms with van der Waals surface area (Å²) in [5.41, 5.74) is 2.37. The SMILES string of the molecule is Cc1cccc2c1NCC(c1cccs1)O2. The summed E-state index contributed by atoms with van der Waals surface area (Å²) < 4.78 is 6.01. The third-order valence-electron chi connectivity index (χ3n) is 2.83. The van der Waals surface area contributed by atoms with Crippen molar-refractivity contribution in [2.24, 2.45) is 0 Å². The highest BCUT2D eigenvalue weighted by atomic mass is 32.1. The van der Waals surface area contributed by atoms with E-state index in [0.29, 0.717) is 0 Å². The predicted molar refractivity (Wildman–Crippen MR) is 67.4 cm³/mol. The van der Waals surface area contributed by atoms with Crippen molar-refractivity contribution in [2.75, 3.05) is 11.9 Å². The summed E-state index contributed by atoms with van der Waals surface area (Å²) in [6.07, 6.45) is 0.147. The number of anilines is 1. The van der Waals surface area contributed by atoms with Gasteiger partial charge < -0.3 is 10.1 Å². The number of thiophene rings is 1. The van der Waals surface area contributed by atoms with Crippen LogP contribution in [0.1, 0.15) is 16.5 Å². The van der Waals surface area contributed by atoms with E-state index in [4.69, 9.17) is 4.74 Å². The van der Waals surface area contributed by atoms with Crippen LogP contribution in [0.5, 0.6) is 5.75 Å². The molecule has 3 rings (SSSR count). The number of hydrogen-bond acceptors (Lipinski definition) is 3. The Kier molecular flexibility index (Phi) is 2.33. The smallest absolute Gasteiger partial charge is 0.150 e. The first kappa shape index (κ1) is 9.73. The molecule has 0 spiro atoms. The Morgan fingerprint density at radius 1 is 1.31 bits per heavy atom. The van der Waals surface area contributed by atoms with Crippen LogP contribution in [0.25, 0.3) is 0 Å². The Morgan fingerprint density at radius 2 is 2.25 bits per heavy atom. The molecule has 1 unspecified atom stereocenters. The summed E-state index contributed by atoms with van der Waals surface area (Å²) in [7, 11) is 0. The van der Waals surface area contributed by atoms with Crippen molar-refractivity contribution in [3.8, 4) is 5.75 Å². The van der Waals surface area contributed by atoms with E-state index in [-0.39, 0.29) is 6.10 Å². The number of rotatable bonds is 1. The van der Waals surface area contributed by atoms with Crippen LogP contribution in [0.3, 0.4) is 0 Å². The first-order valence-corrected chi connectivity index (χ1v) is 6.26. The van der Waals surface area contributed by atoms with Crippen molar-refractivity contribution >= 4 is 17.0 Å². The molecule has 2 heterocycles. The molecule has 0 bridgehead atoms. The molecule has 16 heavy (non-hydrogen) atoms. The van der Waals surface area contributed by atoms with E-state index in [9.17, 15) is 0 Å². The highest BCUT2D eigenvalue weighted by molar-refractivity contribution is 7.10. The van der Waals surface area contributed by atoms with Gasteiger partial charge in [0, 0.05) is 4.88 Å². The van der Waals surface area contributed by atoms with Crippen molar-refractivity contribution < 1.29 is 4.74 Å². The van der Waals surface area contributed by atoms with Gasteiger partial charge >= 0.3 is 0 Å². The molecule has 0 saturated carbocycles. The van der Waals surface area contributed by atoms with Crippen LogP contribution in [0.4, 0.5) is 5.69 Å². The molecule has 1 aromatic heterocycles. The van der Waals surface area contributed by atoms with Crippen LogP contribution in [0.2, 0.25) is 0 Å². The molecular weight excluding hydrogens is 218 g/mol. The Hall–Kier alpha value is -1.48. The van der Waals surface area contributed by atoms with Gasteiger partial charge in [0.05, 0.1) is 12.2 Å². The van der Waals surface area contributed by atoms with E-state index in [0.717, 1.165) is 18.0 Å². The zero-order valence-electron chi connectivity index (χ0n) is 9.07. The van der Waals surface area contributed by atoms with Crippen LogP contribution < -0.4 is 10.1 Å². The van der Waals surface area contributed by atoms with Gasteiger partial charge in [-0.2, -0.15) is 0 Å². The van der Waals surface area contributed by atoms with Gasteiger partial charge in [-0.25, -0.2) is 0 Å². The second kappa shape index (κ2) is 3.83. The molecule has 0 radical (unpaired) electrons. The quantitative estimate of drug-likeness (QED) is 0.809. The van der Waals surface area contributed by atoms with Crippen LogP contribution >= 0.6 is 11.3 Å². The molecule has 1 aliphatic heterocycles. The average Bonchev–Trinajstić information content (AvgIpc) is 2.82. The summed E-state index contributed by atoms with van der Waals surface area (Å²) >= 11 is 1.74. The van der Waals surface area contributed by atoms with Crippen molar-refractivity contribution in [1.82, 2.24) is 0 Å². The highest BCUT2D eigenvalue weighted by Crippen LogP contribution is 2.37.